The van der Waals surface area contributed by atoms with E-state index < -0.39 is 24.0 Å². The van der Waals surface area contributed by atoms with E-state index in [9.17, 15) is 15.0 Å². The predicted octanol–water partition coefficient (Wildman–Crippen LogP) is 4.80. The van der Waals surface area contributed by atoms with Crippen LogP contribution in [0.15, 0.2) is 23.8 Å². The molecule has 0 aromatic rings. The summed E-state index contributed by atoms with van der Waals surface area (Å²) in [5, 5.41) is 20.9. The number of esters is 1. The lowest BCUT2D eigenvalue weighted by Gasteiger charge is -2.19. The third-order valence-electron chi connectivity index (χ3n) is 6.07. The Balaban J connectivity index is 1.92. The van der Waals surface area contributed by atoms with E-state index in [4.69, 9.17) is 7.48 Å². The number of aliphatic hydroxyl groups excluding tert-OH is 2. The topological polar surface area (TPSA) is 66.8 Å². The van der Waals surface area contributed by atoms with Crippen LogP contribution in [0.3, 0.4) is 0 Å². The quantitative estimate of drug-likeness (QED) is 0.338. The second kappa shape index (κ2) is 11.2. The zero-order valence-electron chi connectivity index (χ0n) is 21.1. The molecule has 2 aliphatic carbocycles. The highest BCUT2D eigenvalue weighted by molar-refractivity contribution is 5.69. The van der Waals surface area contributed by atoms with Gasteiger partial charge in [0.15, 0.2) is 0 Å². The first-order valence-corrected chi connectivity index (χ1v) is 11.2. The fourth-order valence-corrected chi connectivity index (χ4v) is 4.52. The monoisotopic (exact) mass is 418 g/mol. The Bertz CT molecular complexity index is 769. The van der Waals surface area contributed by atoms with Crippen LogP contribution in [0.5, 0.6) is 0 Å². The van der Waals surface area contributed by atoms with Gasteiger partial charge in [-0.1, -0.05) is 30.7 Å². The van der Waals surface area contributed by atoms with Gasteiger partial charge in [0.25, 0.3) is 0 Å². The van der Waals surface area contributed by atoms with Crippen LogP contribution in [0.2, 0.25) is 0 Å². The lowest BCUT2D eigenvalue weighted by molar-refractivity contribution is -0.154. The summed E-state index contributed by atoms with van der Waals surface area (Å²) in [4.78, 5) is 12.1. The highest BCUT2D eigenvalue weighted by Crippen LogP contribution is 2.50. The molecule has 0 aliphatic heterocycles. The van der Waals surface area contributed by atoms with Crippen LogP contribution in [0.4, 0.5) is 0 Å². The molecule has 0 aromatic carbocycles. The van der Waals surface area contributed by atoms with Crippen LogP contribution in [0, 0.1) is 35.5 Å². The smallest absolute Gasteiger partial charge is 0.306 e. The van der Waals surface area contributed by atoms with Gasteiger partial charge in [-0.2, -0.15) is 0 Å². The van der Waals surface area contributed by atoms with Gasteiger partial charge in [-0.15, -0.1) is 11.8 Å². The van der Waals surface area contributed by atoms with Gasteiger partial charge in [0.1, 0.15) is 5.60 Å². The zero-order chi connectivity index (χ0) is 24.1. The maximum atomic E-state index is 12.1. The minimum absolute atomic E-state index is 0.0261. The average molecular weight is 419 g/mol. The molecule has 2 rings (SSSR count). The standard InChI is InChI=1S/C26H40O4/c1-6-7-10-18(2)23(27)14-13-21-22-16-19(15-20(22)17-24(21)28)11-8-9-12-25(29)30-26(3,4)5/h11,13-14,18,20-24,27-28H,8-10,12,15-17H2,1-5H3/b14-13+,19-11+/t18?,20-,21+,22-,23+,24+/m0/s1/i12D2. The van der Waals surface area contributed by atoms with Crippen LogP contribution in [-0.4, -0.2) is 34.0 Å². The van der Waals surface area contributed by atoms with E-state index >= 15 is 0 Å². The molecule has 0 radical (unpaired) electrons. The Kier molecular flexibility index (Phi) is 8.06. The van der Waals surface area contributed by atoms with Crippen molar-refractivity contribution in [2.45, 2.75) is 97.3 Å². The molecule has 4 nitrogen and oxygen atoms in total. The van der Waals surface area contributed by atoms with Gasteiger partial charge < -0.3 is 14.9 Å². The number of rotatable bonds is 8. The van der Waals surface area contributed by atoms with Gasteiger partial charge in [-0.3, -0.25) is 4.79 Å². The second-order valence-electron chi connectivity index (χ2n) is 9.78. The summed E-state index contributed by atoms with van der Waals surface area (Å²) in [6.07, 6.45) is 6.66. The summed E-state index contributed by atoms with van der Waals surface area (Å²) in [5.74, 6) is 5.87. The van der Waals surface area contributed by atoms with Crippen molar-refractivity contribution in [3.63, 3.8) is 0 Å². The molecular formula is C26H40O4. The molecule has 0 saturated heterocycles. The third-order valence-corrected chi connectivity index (χ3v) is 6.07. The van der Waals surface area contributed by atoms with Crippen LogP contribution in [-0.2, 0) is 9.53 Å². The van der Waals surface area contributed by atoms with E-state index in [1.807, 2.05) is 19.1 Å². The summed E-state index contributed by atoms with van der Waals surface area (Å²) < 4.78 is 21.3. The second-order valence-corrected chi connectivity index (χ2v) is 9.78. The molecule has 168 valence electrons. The fourth-order valence-electron chi connectivity index (χ4n) is 4.52. The first kappa shape index (κ1) is 21.7. The predicted molar refractivity (Wildman–Crippen MR) is 120 cm³/mol. The van der Waals surface area contributed by atoms with Crippen molar-refractivity contribution in [1.29, 1.82) is 0 Å². The summed E-state index contributed by atoms with van der Waals surface area (Å²) in [6, 6.07) is 0. The maximum Gasteiger partial charge on any atom is 0.306 e. The van der Waals surface area contributed by atoms with Crippen molar-refractivity contribution >= 4 is 5.97 Å². The van der Waals surface area contributed by atoms with Gasteiger partial charge in [0.2, 0.25) is 0 Å². The summed E-state index contributed by atoms with van der Waals surface area (Å²) in [5.41, 5.74) is 0.571. The van der Waals surface area contributed by atoms with E-state index in [1.165, 1.54) is 5.57 Å². The molecule has 0 amide bonds. The van der Waals surface area contributed by atoms with Crippen molar-refractivity contribution in [3.8, 4) is 11.8 Å². The molecule has 2 N–H and O–H groups in total. The fraction of sp³-hybridized carbons (Fsp3) is 0.731. The third kappa shape index (κ3) is 7.60. The Labute approximate surface area is 185 Å². The number of ether oxygens (including phenoxy) is 1. The summed E-state index contributed by atoms with van der Waals surface area (Å²) >= 11 is 0. The van der Waals surface area contributed by atoms with Gasteiger partial charge in [-0.05, 0) is 77.6 Å². The minimum Gasteiger partial charge on any atom is -0.460 e. The molecule has 0 aromatic heterocycles. The summed E-state index contributed by atoms with van der Waals surface area (Å²) in [6.45, 7) is 8.97. The SMILES string of the molecule is [2H]C([2H])(CC/C=C1\C[C@H]2C[C@@H](O)[C@H](/C=C/[C@@H](O)C(C)CC#CC)[C@H]2C1)C(=O)OC(C)(C)C. The molecule has 0 heterocycles. The van der Waals surface area contributed by atoms with E-state index in [0.29, 0.717) is 24.7 Å². The van der Waals surface area contributed by atoms with E-state index in [1.54, 1.807) is 27.7 Å². The number of carbonyl (C=O) groups is 1. The first-order chi connectivity index (χ1) is 14.8. The highest BCUT2D eigenvalue weighted by Gasteiger charge is 2.44. The van der Waals surface area contributed by atoms with Crippen LogP contribution in [0.25, 0.3) is 0 Å². The van der Waals surface area contributed by atoms with Gasteiger partial charge in [0.05, 0.1) is 12.2 Å². The number of aliphatic hydroxyl groups is 2. The summed E-state index contributed by atoms with van der Waals surface area (Å²) in [7, 11) is 0. The van der Waals surface area contributed by atoms with Gasteiger partial charge in [0, 0.05) is 21.5 Å². The van der Waals surface area contributed by atoms with Crippen LogP contribution < -0.4 is 0 Å². The Morgan fingerprint density at radius 2 is 2.13 bits per heavy atom. The normalized spacial score (nSPS) is 31.0. The molecule has 2 fully saturated rings. The Hall–Kier alpha value is -1.57. The van der Waals surface area contributed by atoms with Gasteiger partial charge >= 0.3 is 5.97 Å². The number of hydrogen-bond acceptors (Lipinski definition) is 4. The molecule has 2 aliphatic rings. The van der Waals surface area contributed by atoms with Crippen molar-refractivity contribution in [1.82, 2.24) is 0 Å². The molecule has 0 bridgehead atoms. The maximum absolute atomic E-state index is 12.1. The van der Waals surface area contributed by atoms with E-state index in [2.05, 4.69) is 17.9 Å². The number of fused-ring (bicyclic) bond motifs is 1. The molecule has 0 spiro atoms. The minimum atomic E-state index is -2.00. The average Bonchev–Trinajstić information content (AvgIpc) is 3.19. The van der Waals surface area contributed by atoms with Crippen molar-refractivity contribution in [3.05, 3.63) is 23.8 Å². The lowest BCUT2D eigenvalue weighted by Crippen LogP contribution is -2.23. The molecule has 1 unspecified atom stereocenters. The lowest BCUT2D eigenvalue weighted by atomic mass is 9.89. The van der Waals surface area contributed by atoms with Crippen LogP contribution >= 0.6 is 0 Å². The number of allylic oxidation sites excluding steroid dienone is 2. The van der Waals surface area contributed by atoms with Crippen molar-refractivity contribution < 1.29 is 22.5 Å². The molecule has 2 saturated carbocycles. The first-order valence-electron chi connectivity index (χ1n) is 12.2. The molecule has 4 heteroatoms. The van der Waals surface area contributed by atoms with Crippen molar-refractivity contribution in [2.75, 3.05) is 0 Å². The van der Waals surface area contributed by atoms with Gasteiger partial charge in [-0.25, -0.2) is 0 Å². The van der Waals surface area contributed by atoms with E-state index in [0.717, 1.165) is 19.3 Å². The van der Waals surface area contributed by atoms with E-state index in [-0.39, 0.29) is 24.4 Å². The largest absolute Gasteiger partial charge is 0.460 e. The Morgan fingerprint density at radius 1 is 1.40 bits per heavy atom. The van der Waals surface area contributed by atoms with Crippen LogP contribution in [0.1, 0.15) is 82.3 Å². The molecule has 6 atom stereocenters. The Morgan fingerprint density at radius 3 is 2.80 bits per heavy atom. The molecule has 30 heavy (non-hydrogen) atoms. The van der Waals surface area contributed by atoms with Crippen molar-refractivity contribution in [2.24, 2.45) is 23.7 Å². The molecular weight excluding hydrogens is 376 g/mol. The zero-order valence-corrected chi connectivity index (χ0v) is 19.1. The number of carbonyl (C=O) groups excluding carboxylic acids is 1. The highest BCUT2D eigenvalue weighted by atomic mass is 16.6. The number of hydrogen-bond donors (Lipinski definition) is 2.